The summed E-state index contributed by atoms with van der Waals surface area (Å²) >= 11 is 0. The van der Waals surface area contributed by atoms with Crippen molar-refractivity contribution >= 4 is 5.97 Å². The first kappa shape index (κ1) is 27.1. The first-order valence-electron chi connectivity index (χ1n) is 12.8. The van der Waals surface area contributed by atoms with Crippen molar-refractivity contribution in [2.45, 2.75) is 44.4 Å². The minimum atomic E-state index is -0.894. The number of carbonyl (C=O) groups is 1. The highest BCUT2D eigenvalue weighted by Gasteiger charge is 2.40. The maximum Gasteiger partial charge on any atom is 0.324 e. The van der Waals surface area contributed by atoms with Gasteiger partial charge >= 0.3 is 5.97 Å². The second-order valence-corrected chi connectivity index (χ2v) is 10.2. The summed E-state index contributed by atoms with van der Waals surface area (Å²) < 4.78 is 23.5. The second kappa shape index (κ2) is 12.1. The van der Waals surface area contributed by atoms with Crippen LogP contribution in [0.4, 0.5) is 4.39 Å². The molecule has 4 aromatic carbocycles. The number of nitrogens with one attached hydrogen (secondary N) is 1. The molecule has 0 aromatic heterocycles. The Morgan fingerprint density at radius 2 is 1.18 bits per heavy atom. The average molecular weight is 511 g/mol. The van der Waals surface area contributed by atoms with Gasteiger partial charge in [0.1, 0.15) is 17.4 Å². The van der Waals surface area contributed by atoms with Gasteiger partial charge in [-0.1, -0.05) is 103 Å². The van der Waals surface area contributed by atoms with Crippen molar-refractivity contribution in [3.05, 3.63) is 138 Å². The molecule has 0 saturated heterocycles. The van der Waals surface area contributed by atoms with Gasteiger partial charge in [-0.2, -0.15) is 0 Å². The van der Waals surface area contributed by atoms with E-state index in [9.17, 15) is 9.18 Å². The molecule has 4 aromatic rings. The number of hydrogen-bond acceptors (Lipinski definition) is 4. The topological polar surface area (TPSA) is 47.6 Å². The number of benzene rings is 4. The number of carbonyl (C=O) groups excluding carboxylic acids is 1. The van der Waals surface area contributed by atoms with Crippen molar-refractivity contribution in [3.63, 3.8) is 0 Å². The van der Waals surface area contributed by atoms with Crippen molar-refractivity contribution in [2.75, 3.05) is 6.86 Å². The number of esters is 1. The molecule has 1 atom stereocenters. The Kier molecular flexibility index (Phi) is 8.59. The van der Waals surface area contributed by atoms with Gasteiger partial charge in [0.05, 0.1) is 5.54 Å². The number of halogens is 1. The molecule has 196 valence electrons. The number of alkyl halides is 1. The summed E-state index contributed by atoms with van der Waals surface area (Å²) in [5.74, 6) is 0.0824. The molecule has 0 unspecified atom stereocenters. The van der Waals surface area contributed by atoms with E-state index in [2.05, 4.69) is 41.7 Å². The molecule has 0 aliphatic rings. The average Bonchev–Trinajstić information content (AvgIpc) is 2.93. The third kappa shape index (κ3) is 6.48. The Labute approximate surface area is 224 Å². The van der Waals surface area contributed by atoms with Crippen molar-refractivity contribution in [3.8, 4) is 5.75 Å². The molecule has 4 nitrogen and oxygen atoms in total. The third-order valence-electron chi connectivity index (χ3n) is 6.29. The summed E-state index contributed by atoms with van der Waals surface area (Å²) in [5.41, 5.74) is 2.38. The molecule has 0 amide bonds. The summed E-state index contributed by atoms with van der Waals surface area (Å²) in [6.45, 7) is 4.70. The summed E-state index contributed by atoms with van der Waals surface area (Å²) in [4.78, 5) is 13.7. The summed E-state index contributed by atoms with van der Waals surface area (Å²) in [6, 6.07) is 36.8. The summed E-state index contributed by atoms with van der Waals surface area (Å²) in [5, 5.41) is 3.76. The Morgan fingerprint density at radius 1 is 0.737 bits per heavy atom. The molecule has 0 spiro atoms. The fraction of sp³-hybridized carbons (Fsp3) is 0.242. The molecule has 0 radical (unpaired) electrons. The van der Waals surface area contributed by atoms with E-state index in [1.54, 1.807) is 12.1 Å². The van der Waals surface area contributed by atoms with E-state index < -0.39 is 24.0 Å². The highest BCUT2D eigenvalue weighted by atomic mass is 18.2. The highest BCUT2D eigenvalue weighted by molar-refractivity contribution is 5.77. The van der Waals surface area contributed by atoms with Crippen LogP contribution in [0.1, 0.15) is 43.0 Å². The van der Waals surface area contributed by atoms with Crippen molar-refractivity contribution < 1.29 is 18.7 Å². The van der Waals surface area contributed by atoms with Crippen LogP contribution >= 0.6 is 0 Å². The van der Waals surface area contributed by atoms with E-state index in [4.69, 9.17) is 9.47 Å². The lowest BCUT2D eigenvalue weighted by atomic mass is 9.76. The largest absolute Gasteiger partial charge is 0.463 e. The van der Waals surface area contributed by atoms with E-state index in [-0.39, 0.29) is 5.97 Å². The Bertz CT molecular complexity index is 1190. The summed E-state index contributed by atoms with van der Waals surface area (Å²) in [7, 11) is 0. The highest BCUT2D eigenvalue weighted by Crippen LogP contribution is 2.37. The minimum Gasteiger partial charge on any atom is -0.463 e. The van der Waals surface area contributed by atoms with Crippen LogP contribution in [-0.2, 0) is 21.5 Å². The molecule has 4 rings (SSSR count). The smallest absolute Gasteiger partial charge is 0.324 e. The summed E-state index contributed by atoms with van der Waals surface area (Å²) in [6.07, 6.45) is 0.360. The lowest BCUT2D eigenvalue weighted by molar-refractivity contribution is -0.157. The van der Waals surface area contributed by atoms with Gasteiger partial charge in [0, 0.05) is 0 Å². The predicted molar refractivity (Wildman–Crippen MR) is 149 cm³/mol. The first-order chi connectivity index (χ1) is 18.3. The van der Waals surface area contributed by atoms with E-state index in [0.29, 0.717) is 12.2 Å². The van der Waals surface area contributed by atoms with Gasteiger partial charge in [0.25, 0.3) is 0 Å². The molecule has 5 heteroatoms. The molecule has 0 heterocycles. The maximum absolute atomic E-state index is 13.7. The van der Waals surface area contributed by atoms with Crippen LogP contribution < -0.4 is 10.1 Å². The van der Waals surface area contributed by atoms with Crippen LogP contribution in [0, 0.1) is 0 Å². The third-order valence-corrected chi connectivity index (χ3v) is 6.29. The zero-order valence-corrected chi connectivity index (χ0v) is 22.1. The van der Waals surface area contributed by atoms with Gasteiger partial charge in [-0.15, -0.1) is 0 Å². The normalized spacial score (nSPS) is 12.5. The van der Waals surface area contributed by atoms with Gasteiger partial charge in [-0.25, -0.2) is 4.39 Å². The molecular weight excluding hydrogens is 476 g/mol. The standard InChI is InChI=1S/C33H34FNO3/c1-32(2,3)38-31(36)30(23-25-19-21-29(22-20-25)37-24-34)35-33(26-13-7-4-8-14-26,27-15-9-5-10-16-27)28-17-11-6-12-18-28/h4-22,30,35H,23-24H2,1-3H3/t30-/m1/s1/i34-1. The molecule has 0 aliphatic heterocycles. The maximum atomic E-state index is 13.7. The van der Waals surface area contributed by atoms with Crippen LogP contribution in [0.3, 0.4) is 0 Å². The van der Waals surface area contributed by atoms with Crippen molar-refractivity contribution in [1.82, 2.24) is 5.32 Å². The number of ether oxygens (including phenoxy) is 2. The predicted octanol–water partition coefficient (Wildman–Crippen LogP) is 6.83. The van der Waals surface area contributed by atoms with Gasteiger partial charge in [0.15, 0.2) is 0 Å². The van der Waals surface area contributed by atoms with Crippen molar-refractivity contribution in [1.29, 1.82) is 0 Å². The molecule has 0 saturated carbocycles. The van der Waals surface area contributed by atoms with Crippen LogP contribution in [0.5, 0.6) is 5.75 Å². The Hall–Kier alpha value is -3.96. The van der Waals surface area contributed by atoms with E-state index in [1.165, 1.54) is 0 Å². The second-order valence-electron chi connectivity index (χ2n) is 10.2. The van der Waals surface area contributed by atoms with Gasteiger partial charge in [-0.3, -0.25) is 10.1 Å². The molecule has 38 heavy (non-hydrogen) atoms. The molecule has 0 bridgehead atoms. The van der Waals surface area contributed by atoms with Crippen LogP contribution in [0.2, 0.25) is 0 Å². The van der Waals surface area contributed by atoms with Gasteiger partial charge < -0.3 is 9.47 Å². The van der Waals surface area contributed by atoms with Gasteiger partial charge in [-0.05, 0) is 61.6 Å². The fourth-order valence-corrected chi connectivity index (χ4v) is 4.66. The lowest BCUT2D eigenvalue weighted by Gasteiger charge is -2.40. The van der Waals surface area contributed by atoms with Crippen LogP contribution in [0.15, 0.2) is 115 Å². The minimum absolute atomic E-state index is 0.353. The molecule has 0 aliphatic carbocycles. The van der Waals surface area contributed by atoms with E-state index in [1.807, 2.05) is 87.5 Å². The monoisotopic (exact) mass is 510 g/mol. The van der Waals surface area contributed by atoms with E-state index in [0.717, 1.165) is 22.3 Å². The zero-order chi connectivity index (χ0) is 27.0. The number of hydrogen-bond donors (Lipinski definition) is 1. The van der Waals surface area contributed by atoms with Crippen LogP contribution in [-0.4, -0.2) is 24.5 Å². The lowest BCUT2D eigenvalue weighted by Crippen LogP contribution is -2.54. The number of rotatable bonds is 10. The zero-order valence-electron chi connectivity index (χ0n) is 22.1. The van der Waals surface area contributed by atoms with E-state index >= 15 is 0 Å². The van der Waals surface area contributed by atoms with Crippen LogP contribution in [0.25, 0.3) is 0 Å². The first-order valence-corrected chi connectivity index (χ1v) is 12.8. The molecule has 1 N–H and O–H groups in total. The fourth-order valence-electron chi connectivity index (χ4n) is 4.66. The Balaban J connectivity index is 1.85. The quantitative estimate of drug-likeness (QED) is 0.188. The van der Waals surface area contributed by atoms with Gasteiger partial charge in [0.2, 0.25) is 6.86 Å². The van der Waals surface area contributed by atoms with Crippen molar-refractivity contribution in [2.24, 2.45) is 0 Å². The molecular formula is C33H34FNO3. The molecule has 0 fully saturated rings. The SMILES string of the molecule is CC(C)(C)OC(=O)[C@@H](Cc1ccc(OC[18F])cc1)NC(c1ccccc1)(c1ccccc1)c1ccccc1. The Morgan fingerprint density at radius 3 is 1.58 bits per heavy atom.